The van der Waals surface area contributed by atoms with E-state index in [4.69, 9.17) is 0 Å². The van der Waals surface area contributed by atoms with Gasteiger partial charge in [-0.3, -0.25) is 4.79 Å². The van der Waals surface area contributed by atoms with E-state index >= 15 is 0 Å². The monoisotopic (exact) mass is 230 g/mol. The van der Waals surface area contributed by atoms with Crippen LogP contribution >= 0.6 is 0 Å². The number of carbonyl (C=O) groups is 1. The van der Waals surface area contributed by atoms with Gasteiger partial charge in [0.2, 0.25) is 0 Å². The van der Waals surface area contributed by atoms with Crippen LogP contribution in [0.1, 0.15) is 24.8 Å². The molecule has 0 amide bonds. The first-order valence-electron chi connectivity index (χ1n) is 5.87. The van der Waals surface area contributed by atoms with Gasteiger partial charge in [-0.1, -0.05) is 30.4 Å². The third-order valence-corrected chi connectivity index (χ3v) is 3.03. The smallest absolute Gasteiger partial charge is 0.150 e. The third-order valence-electron chi connectivity index (χ3n) is 3.03. The lowest BCUT2D eigenvalue weighted by Crippen LogP contribution is -2.00. The number of halogens is 1. The minimum atomic E-state index is -0.278. The van der Waals surface area contributed by atoms with E-state index in [0.29, 0.717) is 11.5 Å². The van der Waals surface area contributed by atoms with Crippen LogP contribution in [0.25, 0.3) is 5.57 Å². The van der Waals surface area contributed by atoms with E-state index in [9.17, 15) is 9.18 Å². The Morgan fingerprint density at radius 3 is 2.59 bits per heavy atom. The first-order chi connectivity index (χ1) is 8.29. The highest BCUT2D eigenvalue weighted by atomic mass is 19.1. The lowest BCUT2D eigenvalue weighted by atomic mass is 9.91. The molecule has 0 N–H and O–H groups in total. The van der Waals surface area contributed by atoms with Crippen LogP contribution in [0, 0.1) is 11.7 Å². The van der Waals surface area contributed by atoms with Crippen molar-refractivity contribution in [2.45, 2.75) is 19.3 Å². The quantitative estimate of drug-likeness (QED) is 0.439. The second-order valence-corrected chi connectivity index (χ2v) is 4.29. The zero-order valence-corrected chi connectivity index (χ0v) is 9.60. The fraction of sp³-hybridized carbons (Fsp3) is 0.267. The van der Waals surface area contributed by atoms with Gasteiger partial charge in [0.1, 0.15) is 12.1 Å². The summed E-state index contributed by atoms with van der Waals surface area (Å²) < 4.78 is 12.8. The normalized spacial score (nSPS) is 20.3. The summed E-state index contributed by atoms with van der Waals surface area (Å²) in [5, 5.41) is 0. The Morgan fingerprint density at radius 2 is 2.00 bits per heavy atom. The van der Waals surface area contributed by atoms with E-state index in [0.717, 1.165) is 31.1 Å². The molecule has 0 saturated heterocycles. The number of benzene rings is 1. The van der Waals surface area contributed by atoms with Gasteiger partial charge in [-0.05, 0) is 42.9 Å². The number of hydrogen-bond acceptors (Lipinski definition) is 1. The molecule has 1 aliphatic rings. The predicted octanol–water partition coefficient (Wildman–Crippen LogP) is 3.76. The molecule has 1 unspecified atom stereocenters. The molecule has 1 aliphatic carbocycles. The van der Waals surface area contributed by atoms with E-state index in [-0.39, 0.29) is 5.82 Å². The molecule has 0 bridgehead atoms. The lowest BCUT2D eigenvalue weighted by molar-refractivity contribution is -0.103. The fourth-order valence-corrected chi connectivity index (χ4v) is 2.07. The Balaban J connectivity index is 2.20. The minimum absolute atomic E-state index is 0.278. The molecule has 0 radical (unpaired) electrons. The van der Waals surface area contributed by atoms with E-state index in [2.05, 4.69) is 12.2 Å². The first-order valence-corrected chi connectivity index (χ1v) is 5.87. The highest BCUT2D eigenvalue weighted by molar-refractivity contribution is 6.06. The predicted molar refractivity (Wildman–Crippen MR) is 66.9 cm³/mol. The second-order valence-electron chi connectivity index (χ2n) is 4.29. The van der Waals surface area contributed by atoms with Crippen LogP contribution < -0.4 is 0 Å². The summed E-state index contributed by atoms with van der Waals surface area (Å²) in [5.41, 5.74) is 1.45. The minimum Gasteiger partial charge on any atom is -0.298 e. The topological polar surface area (TPSA) is 17.1 Å². The summed E-state index contributed by atoms with van der Waals surface area (Å²) in [5.74, 6) is 0.143. The summed E-state index contributed by atoms with van der Waals surface area (Å²) in [6.45, 7) is 0. The van der Waals surface area contributed by atoms with E-state index in [1.807, 2.05) is 6.08 Å². The molecule has 0 aromatic heterocycles. The molecular weight excluding hydrogens is 215 g/mol. The Bertz CT molecular complexity index is 442. The summed E-state index contributed by atoms with van der Waals surface area (Å²) in [6, 6.07) is 6.06. The number of carbonyl (C=O) groups excluding carboxylic acids is 1. The molecule has 88 valence electrons. The molecule has 0 fully saturated rings. The third kappa shape index (κ3) is 3.13. The van der Waals surface area contributed by atoms with Crippen LogP contribution in [0.3, 0.4) is 0 Å². The molecule has 1 atom stereocenters. The van der Waals surface area contributed by atoms with Crippen molar-refractivity contribution in [3.63, 3.8) is 0 Å². The van der Waals surface area contributed by atoms with Crippen molar-refractivity contribution in [2.24, 2.45) is 5.92 Å². The molecule has 0 aliphatic heterocycles. The SMILES string of the molecule is O=CC(=CC1CC=CCC1)c1ccc(F)cc1. The summed E-state index contributed by atoms with van der Waals surface area (Å²) in [6.07, 6.45) is 10.3. The molecule has 0 heterocycles. The molecule has 2 heteroatoms. The molecule has 0 saturated carbocycles. The standard InChI is InChI=1S/C15H15FO/c16-15-8-6-13(7-9-15)14(11-17)10-12-4-2-1-3-5-12/h1-2,6-12H,3-5H2. The summed E-state index contributed by atoms with van der Waals surface area (Å²) >= 11 is 0. The molecule has 17 heavy (non-hydrogen) atoms. The van der Waals surface area contributed by atoms with Crippen molar-refractivity contribution >= 4 is 11.9 Å². The van der Waals surface area contributed by atoms with Gasteiger partial charge >= 0.3 is 0 Å². The van der Waals surface area contributed by atoms with Gasteiger partial charge in [-0.2, -0.15) is 0 Å². The van der Waals surface area contributed by atoms with E-state index in [1.54, 1.807) is 12.1 Å². The van der Waals surface area contributed by atoms with Crippen LogP contribution in [0.15, 0.2) is 42.5 Å². The zero-order chi connectivity index (χ0) is 12.1. The average molecular weight is 230 g/mol. The summed E-state index contributed by atoms with van der Waals surface area (Å²) in [4.78, 5) is 11.1. The second kappa shape index (κ2) is 5.58. The average Bonchev–Trinajstić information content (AvgIpc) is 2.38. The van der Waals surface area contributed by atoms with Gasteiger partial charge in [0, 0.05) is 5.57 Å². The molecular formula is C15H15FO. The maximum atomic E-state index is 12.8. The zero-order valence-electron chi connectivity index (χ0n) is 9.60. The Kier molecular flexibility index (Phi) is 3.86. The van der Waals surface area contributed by atoms with Gasteiger partial charge in [0.15, 0.2) is 0 Å². The first kappa shape index (κ1) is 11.8. The maximum absolute atomic E-state index is 12.8. The molecule has 1 nitrogen and oxygen atoms in total. The van der Waals surface area contributed by atoms with Crippen molar-refractivity contribution in [1.82, 2.24) is 0 Å². The van der Waals surface area contributed by atoms with Gasteiger partial charge in [0.05, 0.1) is 0 Å². The molecule has 2 rings (SSSR count). The highest BCUT2D eigenvalue weighted by Crippen LogP contribution is 2.23. The van der Waals surface area contributed by atoms with Crippen molar-refractivity contribution < 1.29 is 9.18 Å². The van der Waals surface area contributed by atoms with Crippen molar-refractivity contribution in [2.75, 3.05) is 0 Å². The maximum Gasteiger partial charge on any atom is 0.150 e. The number of rotatable bonds is 3. The molecule has 1 aromatic carbocycles. The Labute approximate surface area is 101 Å². The van der Waals surface area contributed by atoms with Gasteiger partial charge in [-0.25, -0.2) is 4.39 Å². The van der Waals surface area contributed by atoms with Crippen molar-refractivity contribution in [3.05, 3.63) is 53.9 Å². The van der Waals surface area contributed by atoms with Crippen LogP contribution in [-0.4, -0.2) is 6.29 Å². The Morgan fingerprint density at radius 1 is 1.24 bits per heavy atom. The largest absolute Gasteiger partial charge is 0.298 e. The van der Waals surface area contributed by atoms with Crippen molar-refractivity contribution in [1.29, 1.82) is 0 Å². The van der Waals surface area contributed by atoms with Crippen LogP contribution in [0.5, 0.6) is 0 Å². The molecule has 1 aromatic rings. The van der Waals surface area contributed by atoms with Crippen LogP contribution in [0.4, 0.5) is 4.39 Å². The van der Waals surface area contributed by atoms with Gasteiger partial charge in [0.25, 0.3) is 0 Å². The lowest BCUT2D eigenvalue weighted by Gasteiger charge is -2.14. The fourth-order valence-electron chi connectivity index (χ4n) is 2.07. The number of aldehydes is 1. The summed E-state index contributed by atoms with van der Waals surface area (Å²) in [7, 11) is 0. The number of hydrogen-bond donors (Lipinski definition) is 0. The van der Waals surface area contributed by atoms with Gasteiger partial charge < -0.3 is 0 Å². The van der Waals surface area contributed by atoms with Crippen LogP contribution in [-0.2, 0) is 4.79 Å². The number of allylic oxidation sites excluding steroid dienone is 4. The van der Waals surface area contributed by atoms with Crippen LogP contribution in [0.2, 0.25) is 0 Å². The van der Waals surface area contributed by atoms with E-state index in [1.165, 1.54) is 12.1 Å². The Hall–Kier alpha value is -1.70. The van der Waals surface area contributed by atoms with E-state index < -0.39 is 0 Å². The highest BCUT2D eigenvalue weighted by Gasteiger charge is 2.09. The van der Waals surface area contributed by atoms with Gasteiger partial charge in [-0.15, -0.1) is 0 Å². The molecule has 0 spiro atoms. The van der Waals surface area contributed by atoms with Crippen molar-refractivity contribution in [3.8, 4) is 0 Å².